The number of carbonyl (C=O) groups excluding carboxylic acids is 1. The van der Waals surface area contributed by atoms with Gasteiger partial charge in [-0.25, -0.2) is 0 Å². The largest absolute Gasteiger partial charge is 0.489 e. The third-order valence-corrected chi connectivity index (χ3v) is 4.30. The molecule has 0 unspecified atom stereocenters. The molecule has 3 nitrogen and oxygen atoms in total. The Hall–Kier alpha value is -2.29. The zero-order valence-electron chi connectivity index (χ0n) is 15.3. The van der Waals surface area contributed by atoms with Gasteiger partial charge in [0.25, 0.3) is 0 Å². The van der Waals surface area contributed by atoms with Crippen LogP contribution in [-0.4, -0.2) is 12.5 Å². The van der Waals surface area contributed by atoms with E-state index in [0.29, 0.717) is 19.6 Å². The summed E-state index contributed by atoms with van der Waals surface area (Å²) in [5, 5.41) is 0. The van der Waals surface area contributed by atoms with Crippen molar-refractivity contribution in [3.63, 3.8) is 0 Å². The summed E-state index contributed by atoms with van der Waals surface area (Å²) in [6.45, 7) is 11.2. The van der Waals surface area contributed by atoms with E-state index in [4.69, 9.17) is 4.74 Å². The summed E-state index contributed by atoms with van der Waals surface area (Å²) < 4.78 is 6.07. The maximum atomic E-state index is 12.3. The lowest BCUT2D eigenvalue weighted by molar-refractivity contribution is -0.118. The fourth-order valence-electron chi connectivity index (χ4n) is 2.91. The molecule has 0 atom stereocenters. The standard InChI is InChI=1S/C21H27NO2/c1-6-21(23)22(7-2)19-10-8-9-16(4)18(19)14-24-20-12-11-15(3)13-17(20)5/h8-13H,6-7,14H2,1-5H3. The molecule has 0 radical (unpaired) electrons. The van der Waals surface area contributed by atoms with Crippen LogP contribution < -0.4 is 9.64 Å². The Labute approximate surface area is 145 Å². The molecule has 1 amide bonds. The highest BCUT2D eigenvalue weighted by molar-refractivity contribution is 5.94. The Kier molecular flexibility index (Phi) is 6.02. The van der Waals surface area contributed by atoms with Gasteiger partial charge in [0.05, 0.1) is 5.69 Å². The minimum Gasteiger partial charge on any atom is -0.489 e. The number of benzene rings is 2. The van der Waals surface area contributed by atoms with Crippen LogP contribution in [0.25, 0.3) is 0 Å². The summed E-state index contributed by atoms with van der Waals surface area (Å²) in [5.41, 5.74) is 5.51. The van der Waals surface area contributed by atoms with E-state index in [2.05, 4.69) is 39.0 Å². The Morgan fingerprint density at radius 1 is 1.04 bits per heavy atom. The lowest BCUT2D eigenvalue weighted by Gasteiger charge is -2.25. The molecule has 2 aromatic carbocycles. The van der Waals surface area contributed by atoms with Crippen LogP contribution in [0.1, 0.15) is 42.5 Å². The van der Waals surface area contributed by atoms with E-state index in [9.17, 15) is 4.79 Å². The fourth-order valence-corrected chi connectivity index (χ4v) is 2.91. The first-order valence-electron chi connectivity index (χ1n) is 8.56. The van der Waals surface area contributed by atoms with Crippen LogP contribution in [0.4, 0.5) is 5.69 Å². The number of rotatable bonds is 6. The van der Waals surface area contributed by atoms with Crippen LogP contribution >= 0.6 is 0 Å². The molecule has 0 heterocycles. The predicted octanol–water partition coefficient (Wildman–Crippen LogP) is 4.95. The highest BCUT2D eigenvalue weighted by atomic mass is 16.5. The van der Waals surface area contributed by atoms with E-state index >= 15 is 0 Å². The normalized spacial score (nSPS) is 10.5. The third kappa shape index (κ3) is 3.97. The maximum absolute atomic E-state index is 12.3. The molecule has 0 fully saturated rings. The summed E-state index contributed by atoms with van der Waals surface area (Å²) >= 11 is 0. The fraction of sp³-hybridized carbons (Fsp3) is 0.381. The second-order valence-corrected chi connectivity index (χ2v) is 6.12. The second-order valence-electron chi connectivity index (χ2n) is 6.12. The molecular formula is C21H27NO2. The smallest absolute Gasteiger partial charge is 0.226 e. The van der Waals surface area contributed by atoms with E-state index in [1.165, 1.54) is 5.56 Å². The van der Waals surface area contributed by atoms with Crippen molar-refractivity contribution in [2.75, 3.05) is 11.4 Å². The van der Waals surface area contributed by atoms with Crippen molar-refractivity contribution in [2.24, 2.45) is 0 Å². The first kappa shape index (κ1) is 18.1. The van der Waals surface area contributed by atoms with Gasteiger partial charge in [0, 0.05) is 18.5 Å². The average molecular weight is 325 g/mol. The summed E-state index contributed by atoms with van der Waals surface area (Å²) in [6.07, 6.45) is 0.499. The number of aryl methyl sites for hydroxylation is 3. The number of carbonyl (C=O) groups is 1. The minimum absolute atomic E-state index is 0.135. The molecule has 0 N–H and O–H groups in total. The first-order valence-corrected chi connectivity index (χ1v) is 8.56. The topological polar surface area (TPSA) is 29.5 Å². The number of ether oxygens (including phenoxy) is 1. The number of hydrogen-bond acceptors (Lipinski definition) is 2. The Morgan fingerprint density at radius 2 is 1.79 bits per heavy atom. The van der Waals surface area contributed by atoms with E-state index in [1.54, 1.807) is 0 Å². The van der Waals surface area contributed by atoms with Crippen LogP contribution in [0.3, 0.4) is 0 Å². The van der Waals surface area contributed by atoms with Crippen molar-refractivity contribution in [3.05, 3.63) is 58.7 Å². The molecule has 0 saturated carbocycles. The molecule has 0 bridgehead atoms. The first-order chi connectivity index (χ1) is 11.5. The molecule has 0 spiro atoms. The van der Waals surface area contributed by atoms with Gasteiger partial charge in [-0.05, 0) is 51.0 Å². The van der Waals surface area contributed by atoms with Crippen LogP contribution in [-0.2, 0) is 11.4 Å². The number of anilines is 1. The molecule has 2 aromatic rings. The van der Waals surface area contributed by atoms with Crippen molar-refractivity contribution < 1.29 is 9.53 Å². The number of nitrogens with zero attached hydrogens (tertiary/aromatic N) is 1. The Balaban J connectivity index is 2.31. The quantitative estimate of drug-likeness (QED) is 0.752. The van der Waals surface area contributed by atoms with Gasteiger partial charge in [-0.2, -0.15) is 0 Å². The highest BCUT2D eigenvalue weighted by Crippen LogP contribution is 2.27. The lowest BCUT2D eigenvalue weighted by atomic mass is 10.1. The van der Waals surface area contributed by atoms with Crippen molar-refractivity contribution in [3.8, 4) is 5.75 Å². The van der Waals surface area contributed by atoms with Crippen molar-refractivity contribution in [1.29, 1.82) is 0 Å². The molecule has 3 heteroatoms. The molecule has 24 heavy (non-hydrogen) atoms. The summed E-state index contributed by atoms with van der Waals surface area (Å²) in [7, 11) is 0. The van der Waals surface area contributed by atoms with Crippen LogP contribution in [0, 0.1) is 20.8 Å². The molecule has 128 valence electrons. The van der Waals surface area contributed by atoms with Gasteiger partial charge in [-0.1, -0.05) is 36.8 Å². The third-order valence-electron chi connectivity index (χ3n) is 4.30. The summed E-state index contributed by atoms with van der Waals surface area (Å²) in [6, 6.07) is 12.3. The second kappa shape index (κ2) is 8.00. The van der Waals surface area contributed by atoms with Crippen molar-refractivity contribution in [1.82, 2.24) is 0 Å². The Morgan fingerprint density at radius 3 is 2.42 bits per heavy atom. The molecule has 0 aliphatic heterocycles. The van der Waals surface area contributed by atoms with Gasteiger partial charge in [0.2, 0.25) is 5.91 Å². The van der Waals surface area contributed by atoms with Crippen molar-refractivity contribution >= 4 is 11.6 Å². The highest BCUT2D eigenvalue weighted by Gasteiger charge is 2.17. The van der Waals surface area contributed by atoms with E-state index < -0.39 is 0 Å². The van der Waals surface area contributed by atoms with Gasteiger partial charge in [0.1, 0.15) is 12.4 Å². The van der Waals surface area contributed by atoms with Crippen molar-refractivity contribution in [2.45, 2.75) is 47.6 Å². The zero-order valence-corrected chi connectivity index (χ0v) is 15.3. The molecule has 0 saturated heterocycles. The van der Waals surface area contributed by atoms with E-state index in [-0.39, 0.29) is 5.91 Å². The van der Waals surface area contributed by atoms with Crippen LogP contribution in [0.5, 0.6) is 5.75 Å². The average Bonchev–Trinajstić information content (AvgIpc) is 2.56. The summed E-state index contributed by atoms with van der Waals surface area (Å²) in [4.78, 5) is 14.1. The number of amides is 1. The van der Waals surface area contributed by atoms with Gasteiger partial charge in [-0.3, -0.25) is 4.79 Å². The number of hydrogen-bond donors (Lipinski definition) is 0. The van der Waals surface area contributed by atoms with Gasteiger partial charge < -0.3 is 9.64 Å². The lowest BCUT2D eigenvalue weighted by Crippen LogP contribution is -2.31. The van der Waals surface area contributed by atoms with Gasteiger partial charge in [-0.15, -0.1) is 0 Å². The van der Waals surface area contributed by atoms with Crippen LogP contribution in [0.2, 0.25) is 0 Å². The molecule has 0 aromatic heterocycles. The Bertz CT molecular complexity index is 722. The predicted molar refractivity (Wildman–Crippen MR) is 99.7 cm³/mol. The monoisotopic (exact) mass is 325 g/mol. The van der Waals surface area contributed by atoms with E-state index in [0.717, 1.165) is 28.1 Å². The molecule has 0 aliphatic carbocycles. The molecule has 2 rings (SSSR count). The minimum atomic E-state index is 0.135. The molecular weight excluding hydrogens is 298 g/mol. The SMILES string of the molecule is CCC(=O)N(CC)c1cccc(C)c1COc1ccc(C)cc1C. The van der Waals surface area contributed by atoms with Crippen LogP contribution in [0.15, 0.2) is 36.4 Å². The zero-order chi connectivity index (χ0) is 17.7. The maximum Gasteiger partial charge on any atom is 0.226 e. The summed E-state index contributed by atoms with van der Waals surface area (Å²) in [5.74, 6) is 1.02. The van der Waals surface area contributed by atoms with Gasteiger partial charge in [0.15, 0.2) is 0 Å². The molecule has 0 aliphatic rings. The van der Waals surface area contributed by atoms with Gasteiger partial charge >= 0.3 is 0 Å². The van der Waals surface area contributed by atoms with E-state index in [1.807, 2.05) is 36.9 Å².